The fourth-order valence-corrected chi connectivity index (χ4v) is 0.703. The van der Waals surface area contributed by atoms with E-state index in [0.717, 1.165) is 0 Å². The van der Waals surface area contributed by atoms with Crippen LogP contribution in [0.3, 0.4) is 0 Å². The molecule has 2 nitrogen and oxygen atoms in total. The summed E-state index contributed by atoms with van der Waals surface area (Å²) in [5.41, 5.74) is -0.468. The Morgan fingerprint density at radius 1 is 1.64 bits per heavy atom. The number of carbonyl (C=O) groups is 1. The van der Waals surface area contributed by atoms with Crippen molar-refractivity contribution in [1.29, 1.82) is 0 Å². The van der Waals surface area contributed by atoms with E-state index in [0.29, 0.717) is 18.2 Å². The average Bonchev–Trinajstić information content (AvgIpc) is 2.00. The Morgan fingerprint density at radius 2 is 2.18 bits per heavy atom. The van der Waals surface area contributed by atoms with Gasteiger partial charge in [0.15, 0.2) is 0 Å². The number of carbonyl (C=O) groups excluding carboxylic acids is 1. The summed E-state index contributed by atoms with van der Waals surface area (Å²) in [5, 5.41) is 2.72. The van der Waals surface area contributed by atoms with Gasteiger partial charge in [-0.1, -0.05) is 0 Å². The van der Waals surface area contributed by atoms with E-state index < -0.39 is 5.41 Å². The fraction of sp³-hybridized carbons (Fsp3) is 0.857. The van der Waals surface area contributed by atoms with Gasteiger partial charge in [0.05, 0.1) is 5.41 Å². The Kier molecular flexibility index (Phi) is 4.93. The molecule has 0 saturated carbocycles. The van der Waals surface area contributed by atoms with Crippen LogP contribution in [0.1, 0.15) is 13.8 Å². The third-order valence-electron chi connectivity index (χ3n) is 1.35. The molecule has 0 aromatic carbocycles. The van der Waals surface area contributed by atoms with Crippen molar-refractivity contribution in [1.82, 2.24) is 5.32 Å². The number of nitrogens with one attached hydrogen (secondary N) is 1. The third kappa shape index (κ3) is 3.87. The van der Waals surface area contributed by atoms with Gasteiger partial charge in [-0.3, -0.25) is 4.79 Å². The van der Waals surface area contributed by atoms with Crippen LogP contribution in [0.5, 0.6) is 0 Å². The smallest absolute Gasteiger partial charge is 0.226 e. The van der Waals surface area contributed by atoms with Gasteiger partial charge < -0.3 is 5.32 Å². The van der Waals surface area contributed by atoms with Crippen LogP contribution in [-0.2, 0) is 4.79 Å². The van der Waals surface area contributed by atoms with Crippen molar-refractivity contribution in [2.75, 3.05) is 18.2 Å². The third-order valence-corrected chi connectivity index (χ3v) is 2.24. The first kappa shape index (κ1) is 11.1. The first-order valence-electron chi connectivity index (χ1n) is 3.49. The summed E-state index contributed by atoms with van der Waals surface area (Å²) < 4.78 is 0. The van der Waals surface area contributed by atoms with Gasteiger partial charge in [-0.05, 0) is 13.8 Å². The van der Waals surface area contributed by atoms with Crippen LogP contribution in [0.2, 0.25) is 0 Å². The van der Waals surface area contributed by atoms with Crippen LogP contribution in [0.25, 0.3) is 0 Å². The minimum atomic E-state index is -0.468. The highest BCUT2D eigenvalue weighted by Crippen LogP contribution is 2.16. The van der Waals surface area contributed by atoms with Crippen LogP contribution in [0.4, 0.5) is 0 Å². The number of hydrogen-bond acceptors (Lipinski definition) is 2. The SMILES string of the molecule is CC(C)(CCl)C(=O)NCCS. The lowest BCUT2D eigenvalue weighted by atomic mass is 9.95. The molecule has 0 radical (unpaired) electrons. The van der Waals surface area contributed by atoms with Crippen LogP contribution in [0.15, 0.2) is 0 Å². The molecule has 0 aromatic heterocycles. The average molecular weight is 196 g/mol. The van der Waals surface area contributed by atoms with Crippen LogP contribution < -0.4 is 5.32 Å². The van der Waals surface area contributed by atoms with Gasteiger partial charge in [0.2, 0.25) is 5.91 Å². The van der Waals surface area contributed by atoms with Gasteiger partial charge in [-0.25, -0.2) is 0 Å². The highest BCUT2D eigenvalue weighted by Gasteiger charge is 2.25. The Bertz CT molecular complexity index is 138. The maximum absolute atomic E-state index is 11.2. The second-order valence-electron chi connectivity index (χ2n) is 3.00. The molecule has 0 aliphatic heterocycles. The maximum atomic E-state index is 11.2. The van der Waals surface area contributed by atoms with E-state index in [1.54, 1.807) is 0 Å². The van der Waals surface area contributed by atoms with Crippen molar-refractivity contribution in [3.8, 4) is 0 Å². The Balaban J connectivity index is 3.82. The lowest BCUT2D eigenvalue weighted by Crippen LogP contribution is -2.38. The van der Waals surface area contributed by atoms with Crippen molar-refractivity contribution in [2.24, 2.45) is 5.41 Å². The summed E-state index contributed by atoms with van der Waals surface area (Å²) >= 11 is 9.56. The summed E-state index contributed by atoms with van der Waals surface area (Å²) in [6, 6.07) is 0. The molecule has 66 valence electrons. The van der Waals surface area contributed by atoms with Crippen LogP contribution in [0, 0.1) is 5.41 Å². The number of amides is 1. The lowest BCUT2D eigenvalue weighted by Gasteiger charge is -2.19. The molecular formula is C7H14ClNOS. The van der Waals surface area contributed by atoms with E-state index >= 15 is 0 Å². The molecule has 0 spiro atoms. The Hall–Kier alpha value is 0.110. The van der Waals surface area contributed by atoms with Crippen LogP contribution >= 0.6 is 24.2 Å². The van der Waals surface area contributed by atoms with E-state index in [9.17, 15) is 4.79 Å². The molecule has 4 heteroatoms. The second kappa shape index (κ2) is 4.88. The zero-order chi connectivity index (χ0) is 8.91. The molecule has 0 aliphatic rings. The predicted molar refractivity (Wildman–Crippen MR) is 51.4 cm³/mol. The first-order chi connectivity index (χ1) is 5.04. The van der Waals surface area contributed by atoms with E-state index in [-0.39, 0.29) is 5.91 Å². The zero-order valence-corrected chi connectivity index (χ0v) is 8.51. The topological polar surface area (TPSA) is 29.1 Å². The predicted octanol–water partition coefficient (Wildman–Crippen LogP) is 1.30. The molecule has 1 amide bonds. The van der Waals surface area contributed by atoms with Crippen molar-refractivity contribution in [2.45, 2.75) is 13.8 Å². The molecule has 0 atom stereocenters. The highest BCUT2D eigenvalue weighted by molar-refractivity contribution is 7.80. The normalized spacial score (nSPS) is 11.3. The minimum Gasteiger partial charge on any atom is -0.355 e. The Labute approximate surface area is 78.1 Å². The van der Waals surface area contributed by atoms with E-state index in [1.807, 2.05) is 13.8 Å². The quantitative estimate of drug-likeness (QED) is 0.514. The summed E-state index contributed by atoms with van der Waals surface area (Å²) in [6.07, 6.45) is 0. The number of hydrogen-bond donors (Lipinski definition) is 2. The van der Waals surface area contributed by atoms with E-state index in [1.165, 1.54) is 0 Å². The minimum absolute atomic E-state index is 0.0125. The van der Waals surface area contributed by atoms with E-state index in [4.69, 9.17) is 11.6 Å². The van der Waals surface area contributed by atoms with Crippen molar-refractivity contribution < 1.29 is 4.79 Å². The molecule has 1 N–H and O–H groups in total. The first-order valence-corrected chi connectivity index (χ1v) is 4.66. The summed E-state index contributed by atoms with van der Waals surface area (Å²) in [7, 11) is 0. The second-order valence-corrected chi connectivity index (χ2v) is 3.71. The van der Waals surface area contributed by atoms with Crippen molar-refractivity contribution in [3.63, 3.8) is 0 Å². The van der Waals surface area contributed by atoms with Gasteiger partial charge in [0.25, 0.3) is 0 Å². The monoisotopic (exact) mass is 195 g/mol. The largest absolute Gasteiger partial charge is 0.355 e. The summed E-state index contributed by atoms with van der Waals surface area (Å²) in [6.45, 7) is 4.23. The van der Waals surface area contributed by atoms with Gasteiger partial charge in [0, 0.05) is 18.2 Å². The molecule has 0 aromatic rings. The number of halogens is 1. The molecule has 0 fully saturated rings. The van der Waals surface area contributed by atoms with Crippen LogP contribution in [-0.4, -0.2) is 24.1 Å². The van der Waals surface area contributed by atoms with Gasteiger partial charge >= 0.3 is 0 Å². The maximum Gasteiger partial charge on any atom is 0.226 e. The summed E-state index contributed by atoms with van der Waals surface area (Å²) in [4.78, 5) is 11.2. The van der Waals surface area contributed by atoms with E-state index in [2.05, 4.69) is 17.9 Å². The number of thiol groups is 1. The van der Waals surface area contributed by atoms with Crippen molar-refractivity contribution in [3.05, 3.63) is 0 Å². The lowest BCUT2D eigenvalue weighted by molar-refractivity contribution is -0.128. The Morgan fingerprint density at radius 3 is 2.55 bits per heavy atom. The van der Waals surface area contributed by atoms with Gasteiger partial charge in [-0.15, -0.1) is 11.6 Å². The highest BCUT2D eigenvalue weighted by atomic mass is 35.5. The van der Waals surface area contributed by atoms with Gasteiger partial charge in [-0.2, -0.15) is 12.6 Å². The molecule has 0 aliphatic carbocycles. The molecule has 0 saturated heterocycles. The number of rotatable bonds is 4. The molecular weight excluding hydrogens is 182 g/mol. The molecule has 11 heavy (non-hydrogen) atoms. The fourth-order valence-electron chi connectivity index (χ4n) is 0.469. The number of alkyl halides is 1. The molecule has 0 heterocycles. The zero-order valence-electron chi connectivity index (χ0n) is 6.85. The molecule has 0 rings (SSSR count). The van der Waals surface area contributed by atoms with Gasteiger partial charge in [0.1, 0.15) is 0 Å². The summed E-state index contributed by atoms with van der Waals surface area (Å²) in [5.74, 6) is 0.983. The molecule has 0 unspecified atom stereocenters. The standard InChI is InChI=1S/C7H14ClNOS/c1-7(2,5-8)6(10)9-3-4-11/h11H,3-5H2,1-2H3,(H,9,10). The van der Waals surface area contributed by atoms with Crippen molar-refractivity contribution >= 4 is 30.1 Å². The molecule has 0 bridgehead atoms.